The minimum atomic E-state index is 0.000701. The molecule has 1 saturated heterocycles. The van der Waals surface area contributed by atoms with E-state index in [4.69, 9.17) is 4.74 Å². The molecule has 6 nitrogen and oxygen atoms in total. The molecule has 6 heteroatoms. The number of ketones is 1. The zero-order valence-electron chi connectivity index (χ0n) is 14.9. The highest BCUT2D eigenvalue weighted by atomic mass is 16.5. The van der Waals surface area contributed by atoms with E-state index in [-0.39, 0.29) is 11.8 Å². The van der Waals surface area contributed by atoms with Gasteiger partial charge in [0.2, 0.25) is 0 Å². The molecular weight excluding hydrogens is 330 g/mol. The van der Waals surface area contributed by atoms with Gasteiger partial charge < -0.3 is 14.5 Å². The quantitative estimate of drug-likeness (QED) is 0.776. The van der Waals surface area contributed by atoms with Crippen molar-refractivity contribution in [3.05, 3.63) is 65.5 Å². The van der Waals surface area contributed by atoms with Crippen LogP contribution in [0.3, 0.4) is 0 Å². The summed E-state index contributed by atoms with van der Waals surface area (Å²) in [6, 6.07) is 11.3. The second kappa shape index (κ2) is 8.58. The van der Waals surface area contributed by atoms with Crippen LogP contribution < -0.4 is 0 Å². The monoisotopic (exact) mass is 353 g/mol. The van der Waals surface area contributed by atoms with Crippen molar-refractivity contribution in [3.63, 3.8) is 0 Å². The highest BCUT2D eigenvalue weighted by Crippen LogP contribution is 2.14. The Morgan fingerprint density at radius 2 is 1.58 bits per heavy atom. The molecule has 2 heterocycles. The van der Waals surface area contributed by atoms with Crippen molar-refractivity contribution in [2.24, 2.45) is 0 Å². The first-order valence-corrected chi connectivity index (χ1v) is 8.74. The number of Topliss-reactive ketones (excluding diaryl/α,β-unsaturated/α-hetero) is 1. The smallest absolute Gasteiger partial charge is 0.320 e. The largest absolute Gasteiger partial charge is 0.378 e. The molecule has 0 radical (unpaired) electrons. The second-order valence-corrected chi connectivity index (χ2v) is 6.35. The van der Waals surface area contributed by atoms with E-state index in [0.717, 1.165) is 11.1 Å². The van der Waals surface area contributed by atoms with Gasteiger partial charge in [-0.2, -0.15) is 0 Å². The molecular formula is C20H23N3O3. The molecule has 3 rings (SSSR count). The van der Waals surface area contributed by atoms with Crippen molar-refractivity contribution in [2.75, 3.05) is 26.3 Å². The lowest BCUT2D eigenvalue weighted by Crippen LogP contribution is -2.47. The van der Waals surface area contributed by atoms with Crippen LogP contribution in [0.2, 0.25) is 0 Å². The molecule has 0 atom stereocenters. The van der Waals surface area contributed by atoms with Crippen LogP contribution >= 0.6 is 0 Å². The van der Waals surface area contributed by atoms with Gasteiger partial charge >= 0.3 is 6.03 Å². The molecule has 1 aliphatic heterocycles. The van der Waals surface area contributed by atoms with E-state index in [1.165, 1.54) is 0 Å². The minimum Gasteiger partial charge on any atom is -0.378 e. The normalized spacial score (nSPS) is 14.1. The summed E-state index contributed by atoms with van der Waals surface area (Å²) in [5.74, 6) is 0.0367. The van der Waals surface area contributed by atoms with Crippen LogP contribution in [0.5, 0.6) is 0 Å². The van der Waals surface area contributed by atoms with Gasteiger partial charge in [-0.25, -0.2) is 4.79 Å². The van der Waals surface area contributed by atoms with Crippen LogP contribution in [0.1, 0.15) is 28.4 Å². The van der Waals surface area contributed by atoms with Gasteiger partial charge in [0.1, 0.15) is 0 Å². The van der Waals surface area contributed by atoms with Crippen LogP contribution in [0.15, 0.2) is 48.8 Å². The summed E-state index contributed by atoms with van der Waals surface area (Å²) in [5, 5.41) is 0. The summed E-state index contributed by atoms with van der Waals surface area (Å²) in [6.45, 7) is 4.89. The standard InChI is InChI=1S/C20H23N3O3/c1-16(24)19-4-2-17(3-5-19)14-23(15-18-6-8-21-9-7-18)20(25)22-10-12-26-13-11-22/h2-9H,10-15H2,1H3. The summed E-state index contributed by atoms with van der Waals surface area (Å²) in [5.41, 5.74) is 2.70. The molecule has 0 N–H and O–H groups in total. The number of hydrogen-bond acceptors (Lipinski definition) is 4. The molecule has 0 spiro atoms. The number of aromatic nitrogens is 1. The number of ether oxygens (including phenoxy) is 1. The van der Waals surface area contributed by atoms with Gasteiger partial charge in [-0.3, -0.25) is 9.78 Å². The van der Waals surface area contributed by atoms with E-state index in [2.05, 4.69) is 4.98 Å². The number of carbonyl (C=O) groups is 2. The van der Waals surface area contributed by atoms with E-state index < -0.39 is 0 Å². The van der Waals surface area contributed by atoms with E-state index in [9.17, 15) is 9.59 Å². The third-order valence-electron chi connectivity index (χ3n) is 4.41. The fraction of sp³-hybridized carbons (Fsp3) is 0.350. The first-order valence-electron chi connectivity index (χ1n) is 8.74. The Morgan fingerprint density at radius 1 is 1.00 bits per heavy atom. The second-order valence-electron chi connectivity index (χ2n) is 6.35. The van der Waals surface area contributed by atoms with Crippen LogP contribution in [-0.2, 0) is 17.8 Å². The Labute approximate surface area is 153 Å². The lowest BCUT2D eigenvalue weighted by molar-refractivity contribution is 0.0418. The van der Waals surface area contributed by atoms with Gasteiger partial charge in [0.15, 0.2) is 5.78 Å². The first kappa shape index (κ1) is 18.1. The number of urea groups is 1. The van der Waals surface area contributed by atoms with Gasteiger partial charge in [0, 0.05) is 44.1 Å². The Bertz CT molecular complexity index is 741. The number of nitrogens with zero attached hydrogens (tertiary/aromatic N) is 3. The Balaban J connectivity index is 1.77. The third-order valence-corrected chi connectivity index (χ3v) is 4.41. The average Bonchev–Trinajstić information content (AvgIpc) is 2.69. The summed E-state index contributed by atoms with van der Waals surface area (Å²) in [6.07, 6.45) is 3.46. The summed E-state index contributed by atoms with van der Waals surface area (Å²) in [4.78, 5) is 32.1. The van der Waals surface area contributed by atoms with Gasteiger partial charge in [-0.1, -0.05) is 24.3 Å². The van der Waals surface area contributed by atoms with Crippen LogP contribution in [0.4, 0.5) is 4.79 Å². The van der Waals surface area contributed by atoms with Crippen LogP contribution in [0, 0.1) is 0 Å². The SMILES string of the molecule is CC(=O)c1ccc(CN(Cc2ccncc2)C(=O)N2CCOCC2)cc1. The third kappa shape index (κ3) is 4.67. The molecule has 2 amide bonds. The number of carbonyl (C=O) groups excluding carboxylic acids is 2. The molecule has 0 bridgehead atoms. The van der Waals surface area contributed by atoms with Crippen molar-refractivity contribution < 1.29 is 14.3 Å². The number of amides is 2. The average molecular weight is 353 g/mol. The maximum absolute atomic E-state index is 13.0. The fourth-order valence-electron chi connectivity index (χ4n) is 2.92. The fourth-order valence-corrected chi connectivity index (χ4v) is 2.92. The van der Waals surface area contributed by atoms with Gasteiger partial charge in [-0.15, -0.1) is 0 Å². The Kier molecular flexibility index (Phi) is 5.96. The Morgan fingerprint density at radius 3 is 2.15 bits per heavy atom. The molecule has 0 unspecified atom stereocenters. The zero-order chi connectivity index (χ0) is 18.4. The number of pyridine rings is 1. The summed E-state index contributed by atoms with van der Waals surface area (Å²) >= 11 is 0. The van der Waals surface area contributed by atoms with E-state index in [0.29, 0.717) is 45.0 Å². The van der Waals surface area contributed by atoms with Gasteiger partial charge in [-0.05, 0) is 30.2 Å². The van der Waals surface area contributed by atoms with E-state index in [1.807, 2.05) is 46.2 Å². The molecule has 1 aliphatic rings. The summed E-state index contributed by atoms with van der Waals surface area (Å²) < 4.78 is 5.35. The topological polar surface area (TPSA) is 62.7 Å². The van der Waals surface area contributed by atoms with Crippen LogP contribution in [-0.4, -0.2) is 52.9 Å². The van der Waals surface area contributed by atoms with Crippen molar-refractivity contribution in [3.8, 4) is 0 Å². The number of morpholine rings is 1. The molecule has 1 fully saturated rings. The number of benzene rings is 1. The maximum Gasteiger partial charge on any atom is 0.320 e. The van der Waals surface area contributed by atoms with Crippen molar-refractivity contribution in [1.82, 2.24) is 14.8 Å². The van der Waals surface area contributed by atoms with Crippen molar-refractivity contribution in [2.45, 2.75) is 20.0 Å². The molecule has 1 aromatic carbocycles. The molecule has 2 aromatic rings. The van der Waals surface area contributed by atoms with Crippen LogP contribution in [0.25, 0.3) is 0 Å². The van der Waals surface area contributed by atoms with Gasteiger partial charge in [0.25, 0.3) is 0 Å². The zero-order valence-corrected chi connectivity index (χ0v) is 14.9. The first-order chi connectivity index (χ1) is 12.6. The predicted octanol–water partition coefficient (Wildman–Crippen LogP) is 2.74. The predicted molar refractivity (Wildman–Crippen MR) is 97.7 cm³/mol. The number of rotatable bonds is 5. The summed E-state index contributed by atoms with van der Waals surface area (Å²) in [7, 11) is 0. The molecule has 1 aromatic heterocycles. The maximum atomic E-state index is 13.0. The molecule has 0 saturated carbocycles. The molecule has 0 aliphatic carbocycles. The highest BCUT2D eigenvalue weighted by Gasteiger charge is 2.23. The van der Waals surface area contributed by atoms with Crippen molar-refractivity contribution in [1.29, 1.82) is 0 Å². The lowest BCUT2D eigenvalue weighted by atomic mass is 10.1. The van der Waals surface area contributed by atoms with E-state index in [1.54, 1.807) is 19.3 Å². The van der Waals surface area contributed by atoms with Crippen molar-refractivity contribution >= 4 is 11.8 Å². The van der Waals surface area contributed by atoms with Gasteiger partial charge in [0.05, 0.1) is 13.2 Å². The minimum absolute atomic E-state index is 0.000701. The number of hydrogen-bond donors (Lipinski definition) is 0. The lowest BCUT2D eigenvalue weighted by Gasteiger charge is -2.33. The molecule has 136 valence electrons. The Hall–Kier alpha value is -2.73. The van der Waals surface area contributed by atoms with E-state index >= 15 is 0 Å². The molecule has 26 heavy (non-hydrogen) atoms. The highest BCUT2D eigenvalue weighted by molar-refractivity contribution is 5.94.